The monoisotopic (exact) mass is 328 g/mol. The first-order chi connectivity index (χ1) is 11.6. The molecule has 1 aromatic carbocycles. The minimum Gasteiger partial charge on any atom is -0.368 e. The van der Waals surface area contributed by atoms with Crippen molar-refractivity contribution < 1.29 is 9.59 Å². The Balaban J connectivity index is 1.84. The summed E-state index contributed by atoms with van der Waals surface area (Å²) in [4.78, 5) is 26.7. The van der Waals surface area contributed by atoms with Crippen LogP contribution in [0, 0.1) is 0 Å². The molecule has 128 valence electrons. The maximum absolute atomic E-state index is 12.9. The number of hydrazone groups is 1. The molecule has 2 N–H and O–H groups in total. The Labute approximate surface area is 142 Å². The van der Waals surface area contributed by atoms with Crippen LogP contribution in [0.1, 0.15) is 39.0 Å². The first kappa shape index (κ1) is 16.5. The highest BCUT2D eigenvalue weighted by molar-refractivity contribution is 6.40. The van der Waals surface area contributed by atoms with Crippen molar-refractivity contribution >= 4 is 23.2 Å². The minimum atomic E-state index is -0.603. The first-order valence-electron chi connectivity index (χ1n) is 8.64. The predicted octanol–water partition coefficient (Wildman–Crippen LogP) is 1.90. The molecule has 3 rings (SSSR count). The number of anilines is 1. The Morgan fingerprint density at radius 2 is 1.92 bits per heavy atom. The fourth-order valence-electron chi connectivity index (χ4n) is 3.63. The van der Waals surface area contributed by atoms with Crippen LogP contribution in [-0.4, -0.2) is 41.1 Å². The van der Waals surface area contributed by atoms with Gasteiger partial charge in [-0.2, -0.15) is 5.10 Å². The van der Waals surface area contributed by atoms with E-state index in [0.29, 0.717) is 18.3 Å². The van der Waals surface area contributed by atoms with Gasteiger partial charge in [0.2, 0.25) is 5.91 Å². The summed E-state index contributed by atoms with van der Waals surface area (Å²) in [5.74, 6) is -0.525. The van der Waals surface area contributed by atoms with Crippen LogP contribution in [0.4, 0.5) is 5.69 Å². The molecule has 0 aromatic heterocycles. The lowest BCUT2D eigenvalue weighted by Crippen LogP contribution is -2.43. The second kappa shape index (κ2) is 7.03. The van der Waals surface area contributed by atoms with Gasteiger partial charge < -0.3 is 10.6 Å². The minimum absolute atomic E-state index is 0.0610. The van der Waals surface area contributed by atoms with Gasteiger partial charge in [0.05, 0.1) is 5.69 Å². The highest BCUT2D eigenvalue weighted by Crippen LogP contribution is 2.27. The summed E-state index contributed by atoms with van der Waals surface area (Å²) in [6.45, 7) is 2.65. The smallest absolute Gasteiger partial charge is 0.270 e. The SMILES string of the molecule is CCN(C(=O)C1=NN(c2ccccc2)[C@@H](C(N)=O)C1)C1CCCC1. The van der Waals surface area contributed by atoms with Gasteiger partial charge in [0.15, 0.2) is 0 Å². The second-order valence-corrected chi connectivity index (χ2v) is 6.38. The Hall–Kier alpha value is -2.37. The lowest BCUT2D eigenvalue weighted by atomic mass is 10.1. The third-order valence-electron chi connectivity index (χ3n) is 4.87. The lowest BCUT2D eigenvalue weighted by molar-refractivity contribution is -0.126. The Morgan fingerprint density at radius 3 is 2.50 bits per heavy atom. The van der Waals surface area contributed by atoms with Gasteiger partial charge in [-0.05, 0) is 31.9 Å². The van der Waals surface area contributed by atoms with Crippen LogP contribution in [0.5, 0.6) is 0 Å². The van der Waals surface area contributed by atoms with Gasteiger partial charge in [-0.3, -0.25) is 14.6 Å². The van der Waals surface area contributed by atoms with Crippen LogP contribution in [0.3, 0.4) is 0 Å². The van der Waals surface area contributed by atoms with Crippen LogP contribution in [0.25, 0.3) is 0 Å². The molecule has 24 heavy (non-hydrogen) atoms. The van der Waals surface area contributed by atoms with Crippen molar-refractivity contribution in [1.29, 1.82) is 0 Å². The van der Waals surface area contributed by atoms with E-state index >= 15 is 0 Å². The van der Waals surface area contributed by atoms with E-state index in [9.17, 15) is 9.59 Å². The van der Waals surface area contributed by atoms with E-state index in [1.807, 2.05) is 42.2 Å². The Kier molecular flexibility index (Phi) is 4.83. The largest absolute Gasteiger partial charge is 0.368 e. The summed E-state index contributed by atoms with van der Waals surface area (Å²) in [6.07, 6.45) is 4.71. The van der Waals surface area contributed by atoms with E-state index in [0.717, 1.165) is 18.5 Å². The van der Waals surface area contributed by atoms with E-state index in [2.05, 4.69) is 5.10 Å². The molecular weight excluding hydrogens is 304 g/mol. The summed E-state index contributed by atoms with van der Waals surface area (Å²) < 4.78 is 0. The number of para-hydroxylation sites is 1. The lowest BCUT2D eigenvalue weighted by Gasteiger charge is -2.27. The molecule has 0 bridgehead atoms. The molecular formula is C18H24N4O2. The standard InChI is InChI=1S/C18H24N4O2/c1-2-21(13-8-6-7-9-13)18(24)15-12-16(17(19)23)22(20-15)14-10-4-3-5-11-14/h3-5,10-11,13,16H,2,6-9,12H2,1H3,(H2,19,23)/t16-/m1/s1. The third kappa shape index (κ3) is 3.13. The van der Waals surface area contributed by atoms with E-state index in [1.54, 1.807) is 5.01 Å². The molecule has 1 saturated carbocycles. The third-order valence-corrected chi connectivity index (χ3v) is 4.87. The van der Waals surface area contributed by atoms with Gasteiger partial charge >= 0.3 is 0 Å². The Morgan fingerprint density at radius 1 is 1.25 bits per heavy atom. The summed E-state index contributed by atoms with van der Waals surface area (Å²) in [7, 11) is 0. The molecule has 2 amide bonds. The average Bonchev–Trinajstić information content (AvgIpc) is 3.26. The normalized spacial score (nSPS) is 21.0. The summed E-state index contributed by atoms with van der Waals surface area (Å²) in [5, 5.41) is 6.04. The van der Waals surface area contributed by atoms with Crippen molar-refractivity contribution in [2.75, 3.05) is 11.6 Å². The first-order valence-corrected chi connectivity index (χ1v) is 8.64. The van der Waals surface area contributed by atoms with E-state index < -0.39 is 11.9 Å². The maximum Gasteiger partial charge on any atom is 0.270 e. The van der Waals surface area contributed by atoms with E-state index in [-0.39, 0.29) is 12.3 Å². The molecule has 1 aromatic rings. The van der Waals surface area contributed by atoms with Crippen molar-refractivity contribution in [2.24, 2.45) is 10.8 Å². The van der Waals surface area contributed by atoms with Crippen molar-refractivity contribution in [1.82, 2.24) is 4.90 Å². The molecule has 1 aliphatic heterocycles. The zero-order valence-electron chi connectivity index (χ0n) is 14.0. The number of nitrogens with zero attached hydrogens (tertiary/aromatic N) is 3. The molecule has 0 radical (unpaired) electrons. The zero-order valence-corrected chi connectivity index (χ0v) is 14.0. The molecule has 2 aliphatic rings. The van der Waals surface area contributed by atoms with E-state index in [1.165, 1.54) is 12.8 Å². The zero-order chi connectivity index (χ0) is 17.1. The van der Waals surface area contributed by atoms with Crippen LogP contribution in [0.15, 0.2) is 35.4 Å². The van der Waals surface area contributed by atoms with Gasteiger partial charge in [0, 0.05) is 19.0 Å². The van der Waals surface area contributed by atoms with Crippen molar-refractivity contribution in [3.63, 3.8) is 0 Å². The highest BCUT2D eigenvalue weighted by atomic mass is 16.2. The molecule has 1 heterocycles. The van der Waals surface area contributed by atoms with Crippen LogP contribution < -0.4 is 10.7 Å². The number of benzene rings is 1. The number of carbonyl (C=O) groups excluding carboxylic acids is 2. The molecule has 1 atom stereocenters. The van der Waals surface area contributed by atoms with Crippen molar-refractivity contribution in [3.05, 3.63) is 30.3 Å². The topological polar surface area (TPSA) is 79.0 Å². The molecule has 0 unspecified atom stereocenters. The van der Waals surface area contributed by atoms with Gasteiger partial charge in [-0.15, -0.1) is 0 Å². The van der Waals surface area contributed by atoms with Crippen molar-refractivity contribution in [3.8, 4) is 0 Å². The van der Waals surface area contributed by atoms with Gasteiger partial charge in [0.1, 0.15) is 11.8 Å². The van der Waals surface area contributed by atoms with Crippen molar-refractivity contribution in [2.45, 2.75) is 51.1 Å². The number of hydrogen-bond donors (Lipinski definition) is 1. The fourth-order valence-corrected chi connectivity index (χ4v) is 3.63. The van der Waals surface area contributed by atoms with Crippen LogP contribution in [-0.2, 0) is 9.59 Å². The van der Waals surface area contributed by atoms with E-state index in [4.69, 9.17) is 5.73 Å². The molecule has 6 heteroatoms. The second-order valence-electron chi connectivity index (χ2n) is 6.38. The van der Waals surface area contributed by atoms with Crippen LogP contribution >= 0.6 is 0 Å². The summed E-state index contributed by atoms with van der Waals surface area (Å²) in [6, 6.07) is 9.06. The predicted molar refractivity (Wildman–Crippen MR) is 93.6 cm³/mol. The molecule has 6 nitrogen and oxygen atoms in total. The highest BCUT2D eigenvalue weighted by Gasteiger charge is 2.37. The quantitative estimate of drug-likeness (QED) is 0.896. The Bertz CT molecular complexity index is 638. The van der Waals surface area contributed by atoms with Gasteiger partial charge in [-0.25, -0.2) is 0 Å². The molecule has 1 aliphatic carbocycles. The number of rotatable bonds is 5. The number of hydrogen-bond acceptors (Lipinski definition) is 4. The molecule has 1 fully saturated rings. The number of carbonyl (C=O) groups is 2. The van der Waals surface area contributed by atoms with Gasteiger partial charge in [-0.1, -0.05) is 31.0 Å². The molecule has 0 saturated heterocycles. The maximum atomic E-state index is 12.9. The van der Waals surface area contributed by atoms with Gasteiger partial charge in [0.25, 0.3) is 5.91 Å². The summed E-state index contributed by atoms with van der Waals surface area (Å²) in [5.41, 5.74) is 6.74. The number of nitrogens with two attached hydrogens (primary N) is 1. The molecule has 0 spiro atoms. The fraction of sp³-hybridized carbons (Fsp3) is 0.500. The number of amides is 2. The average molecular weight is 328 g/mol. The summed E-state index contributed by atoms with van der Waals surface area (Å²) >= 11 is 0. The van der Waals surface area contributed by atoms with Crippen LogP contribution in [0.2, 0.25) is 0 Å². The number of primary amides is 1.